The summed E-state index contributed by atoms with van der Waals surface area (Å²) in [7, 11) is 0. The van der Waals surface area contributed by atoms with E-state index < -0.39 is 0 Å². The van der Waals surface area contributed by atoms with Gasteiger partial charge in [0, 0.05) is 0 Å². The summed E-state index contributed by atoms with van der Waals surface area (Å²) in [5, 5.41) is 0. The Labute approximate surface area is 104 Å². The summed E-state index contributed by atoms with van der Waals surface area (Å²) in [5.74, 6) is 2.18. The fourth-order valence-corrected chi connectivity index (χ4v) is 1.50. The number of nitrogens with zero attached hydrogens (tertiary/aromatic N) is 1. The zero-order chi connectivity index (χ0) is 13.0. The molecule has 0 amide bonds. The summed E-state index contributed by atoms with van der Waals surface area (Å²) in [6, 6.07) is 8.45. The number of aromatic nitrogens is 2. The van der Waals surface area contributed by atoms with Crippen LogP contribution in [0.25, 0.3) is 0 Å². The minimum Gasteiger partial charge on any atom is -0.494 e. The van der Waals surface area contributed by atoms with E-state index in [4.69, 9.17) is 9.47 Å². The lowest BCUT2D eigenvalue weighted by Crippen LogP contribution is -2.08. The molecule has 0 aliphatic heterocycles. The molecular formula is C13H14N2O3. The molecule has 1 heterocycles. The van der Waals surface area contributed by atoms with Crippen LogP contribution in [0, 0.1) is 6.92 Å². The maximum atomic E-state index is 11.2. The highest BCUT2D eigenvalue weighted by Crippen LogP contribution is 2.21. The van der Waals surface area contributed by atoms with Gasteiger partial charge in [-0.15, -0.1) is 0 Å². The molecule has 0 spiro atoms. The molecule has 0 saturated heterocycles. The van der Waals surface area contributed by atoms with E-state index in [1.165, 1.54) is 6.07 Å². The molecule has 5 heteroatoms. The molecule has 0 unspecified atom stereocenters. The van der Waals surface area contributed by atoms with E-state index in [9.17, 15) is 4.79 Å². The van der Waals surface area contributed by atoms with Crippen molar-refractivity contribution >= 4 is 0 Å². The lowest BCUT2D eigenvalue weighted by Gasteiger charge is -2.06. The Hall–Kier alpha value is -2.30. The topological polar surface area (TPSA) is 64.2 Å². The predicted octanol–water partition coefficient (Wildman–Crippen LogP) is 2.27. The highest BCUT2D eigenvalue weighted by Gasteiger charge is 2.01. The standard InChI is InChI=1S/C13H14N2O3/c1-3-17-10-4-6-11(7-5-10)18-13-8-12(16)14-9(2)15-13/h4-8H,3H2,1-2H3,(H,14,15,16). The smallest absolute Gasteiger partial charge is 0.254 e. The van der Waals surface area contributed by atoms with E-state index in [1.807, 2.05) is 6.92 Å². The van der Waals surface area contributed by atoms with Gasteiger partial charge in [-0.2, -0.15) is 0 Å². The molecule has 18 heavy (non-hydrogen) atoms. The lowest BCUT2D eigenvalue weighted by atomic mass is 10.3. The molecule has 94 valence electrons. The molecule has 0 aliphatic rings. The van der Waals surface area contributed by atoms with Crippen LogP contribution in [0.1, 0.15) is 12.7 Å². The zero-order valence-corrected chi connectivity index (χ0v) is 10.3. The molecule has 0 fully saturated rings. The Morgan fingerprint density at radius 2 is 1.89 bits per heavy atom. The molecule has 0 saturated carbocycles. The van der Waals surface area contributed by atoms with Crippen molar-refractivity contribution in [2.75, 3.05) is 6.61 Å². The van der Waals surface area contributed by atoms with Crippen LogP contribution in [-0.4, -0.2) is 16.6 Å². The van der Waals surface area contributed by atoms with Crippen molar-refractivity contribution in [3.63, 3.8) is 0 Å². The van der Waals surface area contributed by atoms with Gasteiger partial charge in [0.05, 0.1) is 12.7 Å². The van der Waals surface area contributed by atoms with Gasteiger partial charge in [-0.05, 0) is 38.1 Å². The second-order valence-corrected chi connectivity index (χ2v) is 3.68. The quantitative estimate of drug-likeness (QED) is 0.898. The number of rotatable bonds is 4. The molecule has 1 aromatic heterocycles. The maximum Gasteiger partial charge on any atom is 0.254 e. The van der Waals surface area contributed by atoms with Crippen LogP contribution in [0.2, 0.25) is 0 Å². The molecule has 0 radical (unpaired) electrons. The van der Waals surface area contributed by atoms with Crippen molar-refractivity contribution in [3.8, 4) is 17.4 Å². The fourth-order valence-electron chi connectivity index (χ4n) is 1.50. The van der Waals surface area contributed by atoms with Crippen molar-refractivity contribution in [2.45, 2.75) is 13.8 Å². The van der Waals surface area contributed by atoms with E-state index in [1.54, 1.807) is 31.2 Å². The molecule has 0 aliphatic carbocycles. The molecule has 1 aromatic carbocycles. The van der Waals surface area contributed by atoms with Gasteiger partial charge >= 0.3 is 0 Å². The summed E-state index contributed by atoms with van der Waals surface area (Å²) < 4.78 is 10.8. The highest BCUT2D eigenvalue weighted by molar-refractivity contribution is 5.33. The third-order valence-electron chi connectivity index (χ3n) is 2.19. The summed E-state index contributed by atoms with van der Waals surface area (Å²) in [6.45, 7) is 4.24. The predicted molar refractivity (Wildman–Crippen MR) is 67.3 cm³/mol. The first-order valence-corrected chi connectivity index (χ1v) is 5.66. The number of aryl methyl sites for hydroxylation is 1. The van der Waals surface area contributed by atoms with Crippen molar-refractivity contribution in [3.05, 3.63) is 46.5 Å². The number of benzene rings is 1. The van der Waals surface area contributed by atoms with Crippen LogP contribution in [0.4, 0.5) is 0 Å². The van der Waals surface area contributed by atoms with Crippen LogP contribution in [-0.2, 0) is 0 Å². The normalized spacial score (nSPS) is 10.1. The summed E-state index contributed by atoms with van der Waals surface area (Å²) in [4.78, 5) is 17.9. The van der Waals surface area contributed by atoms with Crippen LogP contribution >= 0.6 is 0 Å². The Kier molecular flexibility index (Phi) is 3.62. The van der Waals surface area contributed by atoms with Crippen molar-refractivity contribution in [1.82, 2.24) is 9.97 Å². The molecule has 1 N–H and O–H groups in total. The van der Waals surface area contributed by atoms with E-state index in [-0.39, 0.29) is 11.4 Å². The van der Waals surface area contributed by atoms with Crippen LogP contribution < -0.4 is 15.0 Å². The van der Waals surface area contributed by atoms with Gasteiger partial charge in [0.1, 0.15) is 17.3 Å². The SMILES string of the molecule is CCOc1ccc(Oc2cc(=O)[nH]c(C)n2)cc1. The minimum absolute atomic E-state index is 0.233. The molecule has 5 nitrogen and oxygen atoms in total. The minimum atomic E-state index is -0.233. The average molecular weight is 246 g/mol. The van der Waals surface area contributed by atoms with E-state index in [0.717, 1.165) is 5.75 Å². The van der Waals surface area contributed by atoms with E-state index in [2.05, 4.69) is 9.97 Å². The monoisotopic (exact) mass is 246 g/mol. The van der Waals surface area contributed by atoms with Crippen LogP contribution in [0.5, 0.6) is 17.4 Å². The molecule has 2 rings (SSSR count). The first-order valence-electron chi connectivity index (χ1n) is 5.66. The van der Waals surface area contributed by atoms with Crippen molar-refractivity contribution in [2.24, 2.45) is 0 Å². The summed E-state index contributed by atoms with van der Waals surface area (Å²) in [5.41, 5.74) is -0.233. The molecule has 2 aromatic rings. The first kappa shape index (κ1) is 12.2. The second kappa shape index (κ2) is 5.35. The third kappa shape index (κ3) is 3.10. The van der Waals surface area contributed by atoms with Gasteiger partial charge in [-0.1, -0.05) is 0 Å². The molecular weight excluding hydrogens is 232 g/mol. The number of hydrogen-bond acceptors (Lipinski definition) is 4. The van der Waals surface area contributed by atoms with Gasteiger partial charge in [-0.3, -0.25) is 4.79 Å². The van der Waals surface area contributed by atoms with Crippen molar-refractivity contribution < 1.29 is 9.47 Å². The Morgan fingerprint density at radius 3 is 2.50 bits per heavy atom. The van der Waals surface area contributed by atoms with Crippen LogP contribution in [0.3, 0.4) is 0 Å². The van der Waals surface area contributed by atoms with Gasteiger partial charge in [0.15, 0.2) is 0 Å². The van der Waals surface area contributed by atoms with Gasteiger partial charge < -0.3 is 14.5 Å². The number of aromatic amines is 1. The lowest BCUT2D eigenvalue weighted by molar-refractivity contribution is 0.339. The number of nitrogens with one attached hydrogen (secondary N) is 1. The van der Waals surface area contributed by atoms with E-state index >= 15 is 0 Å². The molecule has 0 atom stereocenters. The largest absolute Gasteiger partial charge is 0.494 e. The Balaban J connectivity index is 2.15. The zero-order valence-electron chi connectivity index (χ0n) is 10.3. The number of H-pyrrole nitrogens is 1. The second-order valence-electron chi connectivity index (χ2n) is 3.68. The summed E-state index contributed by atoms with van der Waals surface area (Å²) in [6.07, 6.45) is 0. The average Bonchev–Trinajstić information content (AvgIpc) is 2.31. The van der Waals surface area contributed by atoms with E-state index in [0.29, 0.717) is 18.2 Å². The van der Waals surface area contributed by atoms with Crippen LogP contribution in [0.15, 0.2) is 35.1 Å². The summed E-state index contributed by atoms with van der Waals surface area (Å²) >= 11 is 0. The molecule has 0 bridgehead atoms. The third-order valence-corrected chi connectivity index (χ3v) is 2.19. The number of hydrogen-bond donors (Lipinski definition) is 1. The van der Waals surface area contributed by atoms with Gasteiger partial charge in [0.25, 0.3) is 5.56 Å². The Bertz CT molecular complexity index is 576. The first-order chi connectivity index (χ1) is 8.67. The van der Waals surface area contributed by atoms with Gasteiger partial charge in [-0.25, -0.2) is 4.98 Å². The maximum absolute atomic E-state index is 11.2. The fraction of sp³-hybridized carbons (Fsp3) is 0.231. The highest BCUT2D eigenvalue weighted by atomic mass is 16.5. The number of ether oxygens (including phenoxy) is 2. The Morgan fingerprint density at radius 1 is 1.22 bits per heavy atom. The van der Waals surface area contributed by atoms with Crippen molar-refractivity contribution in [1.29, 1.82) is 0 Å². The van der Waals surface area contributed by atoms with Gasteiger partial charge in [0.2, 0.25) is 5.88 Å².